The molecule has 3 rings (SSSR count). The maximum atomic E-state index is 13.0. The number of ether oxygens (including phenoxy) is 2. The molecule has 0 radical (unpaired) electrons. The minimum absolute atomic E-state index is 0.00693. The normalized spacial score (nSPS) is 16.5. The molecule has 1 aliphatic rings. The van der Waals surface area contributed by atoms with Crippen LogP contribution in [0.4, 0.5) is 11.4 Å². The summed E-state index contributed by atoms with van der Waals surface area (Å²) in [6.45, 7) is 4.58. The first-order chi connectivity index (χ1) is 16.1. The van der Waals surface area contributed by atoms with Gasteiger partial charge in [-0.1, -0.05) is 0 Å². The van der Waals surface area contributed by atoms with Gasteiger partial charge in [0.05, 0.1) is 25.7 Å². The van der Waals surface area contributed by atoms with Gasteiger partial charge in [-0.25, -0.2) is 8.42 Å². The van der Waals surface area contributed by atoms with Gasteiger partial charge < -0.3 is 14.8 Å². The van der Waals surface area contributed by atoms with Crippen molar-refractivity contribution in [3.63, 3.8) is 0 Å². The summed E-state index contributed by atoms with van der Waals surface area (Å²) >= 11 is 0. The second-order valence-electron chi connectivity index (χ2n) is 8.44. The van der Waals surface area contributed by atoms with Crippen molar-refractivity contribution in [2.45, 2.75) is 45.3 Å². The van der Waals surface area contributed by atoms with Crippen LogP contribution in [0.25, 0.3) is 0 Å². The summed E-state index contributed by atoms with van der Waals surface area (Å²) in [4.78, 5) is 13.0. The van der Waals surface area contributed by atoms with Gasteiger partial charge in [0.15, 0.2) is 11.5 Å². The first-order valence-electron chi connectivity index (χ1n) is 11.2. The Kier molecular flexibility index (Phi) is 8.38. The predicted molar refractivity (Wildman–Crippen MR) is 134 cm³/mol. The minimum Gasteiger partial charge on any atom is -0.493 e. The second-order valence-corrected chi connectivity index (χ2v) is 10.2. The Morgan fingerprint density at radius 2 is 1.82 bits per heavy atom. The number of amides is 1. The number of hydrogen-bond acceptors (Lipinski definition) is 7. The fourth-order valence-corrected chi connectivity index (χ4v) is 4.21. The average molecular weight is 489 g/mol. The molecule has 184 valence electrons. The first-order valence-corrected chi connectivity index (χ1v) is 13.1. The van der Waals surface area contributed by atoms with Gasteiger partial charge in [0.1, 0.15) is 6.04 Å². The summed E-state index contributed by atoms with van der Waals surface area (Å²) in [7, 11) is -1.75. The molecule has 0 spiro atoms. The number of hydrazone groups is 1. The number of anilines is 2. The van der Waals surface area contributed by atoms with Crippen LogP contribution in [-0.2, 0) is 14.8 Å². The van der Waals surface area contributed by atoms with Crippen LogP contribution in [0.15, 0.2) is 47.6 Å². The standard InChI is InChI=1S/C24H32N4O5S/c1-17(2)33-23-15-18(8-13-22(23)32-3)16-25-28-14-6-5-7-21(28)24(29)26-19-9-11-20(12-10-19)27-34(4,30)31/h8-13,15-17,21,27H,5-7,14H2,1-4H3,(H,26,29)/b25-16+. The van der Waals surface area contributed by atoms with Crippen molar-refractivity contribution in [2.75, 3.05) is 29.9 Å². The van der Waals surface area contributed by atoms with Gasteiger partial charge in [0.2, 0.25) is 15.9 Å². The molecule has 2 aromatic carbocycles. The van der Waals surface area contributed by atoms with Crippen LogP contribution in [0.1, 0.15) is 38.7 Å². The highest BCUT2D eigenvalue weighted by atomic mass is 32.2. The highest BCUT2D eigenvalue weighted by molar-refractivity contribution is 7.92. The maximum Gasteiger partial charge on any atom is 0.248 e. The Balaban J connectivity index is 1.69. The molecule has 1 heterocycles. The highest BCUT2D eigenvalue weighted by Crippen LogP contribution is 2.29. The summed E-state index contributed by atoms with van der Waals surface area (Å²) < 4.78 is 36.3. The maximum absolute atomic E-state index is 13.0. The summed E-state index contributed by atoms with van der Waals surface area (Å²) in [5, 5.41) is 9.32. The zero-order valence-electron chi connectivity index (χ0n) is 19.9. The molecule has 1 aliphatic heterocycles. The zero-order chi connectivity index (χ0) is 24.7. The molecule has 0 aromatic heterocycles. The predicted octanol–water partition coefficient (Wildman–Crippen LogP) is 3.68. The second kappa shape index (κ2) is 11.2. The fraction of sp³-hybridized carbons (Fsp3) is 0.417. The van der Waals surface area contributed by atoms with Crippen molar-refractivity contribution in [2.24, 2.45) is 5.10 Å². The van der Waals surface area contributed by atoms with E-state index in [0.717, 1.165) is 24.7 Å². The number of piperidine rings is 1. The van der Waals surface area contributed by atoms with E-state index in [1.807, 2.05) is 37.1 Å². The molecule has 1 saturated heterocycles. The van der Waals surface area contributed by atoms with Gasteiger partial charge in [-0.05, 0) is 81.1 Å². The number of nitrogens with one attached hydrogen (secondary N) is 2. The molecular formula is C24H32N4O5S. The van der Waals surface area contributed by atoms with Crippen LogP contribution in [0, 0.1) is 0 Å². The number of nitrogens with zero attached hydrogens (tertiary/aromatic N) is 2. The Hall–Kier alpha value is -3.27. The minimum atomic E-state index is -3.35. The molecule has 1 amide bonds. The lowest BCUT2D eigenvalue weighted by Crippen LogP contribution is -2.44. The quantitative estimate of drug-likeness (QED) is 0.521. The van der Waals surface area contributed by atoms with E-state index in [2.05, 4.69) is 15.1 Å². The summed E-state index contributed by atoms with van der Waals surface area (Å²) in [5.41, 5.74) is 1.86. The van der Waals surface area contributed by atoms with Crippen molar-refractivity contribution < 1.29 is 22.7 Å². The number of carbonyl (C=O) groups excluding carboxylic acids is 1. The van der Waals surface area contributed by atoms with Crippen LogP contribution >= 0.6 is 0 Å². The third-order valence-corrected chi connectivity index (χ3v) is 5.74. The smallest absolute Gasteiger partial charge is 0.248 e. The zero-order valence-corrected chi connectivity index (χ0v) is 20.8. The third-order valence-electron chi connectivity index (χ3n) is 5.14. The topological polar surface area (TPSA) is 109 Å². The van der Waals surface area contributed by atoms with E-state index < -0.39 is 16.1 Å². The lowest BCUT2D eigenvalue weighted by Gasteiger charge is -2.32. The van der Waals surface area contributed by atoms with Gasteiger partial charge >= 0.3 is 0 Å². The van der Waals surface area contributed by atoms with Crippen molar-refractivity contribution >= 4 is 33.5 Å². The lowest BCUT2D eigenvalue weighted by atomic mass is 10.0. The van der Waals surface area contributed by atoms with E-state index in [9.17, 15) is 13.2 Å². The van der Waals surface area contributed by atoms with E-state index in [-0.39, 0.29) is 12.0 Å². The molecular weight excluding hydrogens is 456 g/mol. The molecule has 34 heavy (non-hydrogen) atoms. The molecule has 0 saturated carbocycles. The van der Waals surface area contributed by atoms with E-state index in [1.165, 1.54) is 0 Å². The van der Waals surface area contributed by atoms with Crippen LogP contribution in [0.5, 0.6) is 11.5 Å². The Bertz CT molecular complexity index is 1120. The SMILES string of the molecule is COc1ccc(/C=N/N2CCCCC2C(=O)Nc2ccc(NS(C)(=O)=O)cc2)cc1OC(C)C. The molecule has 2 N–H and O–H groups in total. The summed E-state index contributed by atoms with van der Waals surface area (Å²) in [5.74, 6) is 1.14. The van der Waals surface area contributed by atoms with E-state index >= 15 is 0 Å². The van der Waals surface area contributed by atoms with Crippen molar-refractivity contribution in [1.29, 1.82) is 0 Å². The van der Waals surface area contributed by atoms with Gasteiger partial charge in [-0.3, -0.25) is 14.5 Å². The van der Waals surface area contributed by atoms with Crippen molar-refractivity contribution in [1.82, 2.24) is 5.01 Å². The Morgan fingerprint density at radius 1 is 1.12 bits per heavy atom. The molecule has 0 bridgehead atoms. The van der Waals surface area contributed by atoms with E-state index in [0.29, 0.717) is 35.8 Å². The average Bonchev–Trinajstić information content (AvgIpc) is 2.78. The largest absolute Gasteiger partial charge is 0.493 e. The fourth-order valence-electron chi connectivity index (χ4n) is 3.64. The molecule has 0 aliphatic carbocycles. The van der Waals surface area contributed by atoms with Crippen LogP contribution in [0.2, 0.25) is 0 Å². The van der Waals surface area contributed by atoms with Crippen LogP contribution in [0.3, 0.4) is 0 Å². The number of benzene rings is 2. The molecule has 10 heteroatoms. The van der Waals surface area contributed by atoms with E-state index in [4.69, 9.17) is 9.47 Å². The lowest BCUT2D eigenvalue weighted by molar-refractivity contribution is -0.122. The Labute approximate surface area is 201 Å². The van der Waals surface area contributed by atoms with Gasteiger partial charge in [-0.15, -0.1) is 0 Å². The van der Waals surface area contributed by atoms with Crippen molar-refractivity contribution in [3.05, 3.63) is 48.0 Å². The monoisotopic (exact) mass is 488 g/mol. The van der Waals surface area contributed by atoms with E-state index in [1.54, 1.807) is 37.6 Å². The van der Waals surface area contributed by atoms with Crippen LogP contribution in [-0.4, -0.2) is 57.6 Å². The van der Waals surface area contributed by atoms with Gasteiger partial charge in [0.25, 0.3) is 0 Å². The van der Waals surface area contributed by atoms with Gasteiger partial charge in [0, 0.05) is 17.9 Å². The third kappa shape index (κ3) is 7.38. The molecule has 2 aromatic rings. The first kappa shape index (κ1) is 25.4. The number of hydrogen-bond donors (Lipinski definition) is 2. The molecule has 1 fully saturated rings. The van der Waals surface area contributed by atoms with Crippen LogP contribution < -0.4 is 19.5 Å². The molecule has 1 unspecified atom stereocenters. The highest BCUT2D eigenvalue weighted by Gasteiger charge is 2.28. The molecule has 9 nitrogen and oxygen atoms in total. The summed E-state index contributed by atoms with van der Waals surface area (Å²) in [6.07, 6.45) is 5.41. The number of methoxy groups -OCH3 is 1. The summed E-state index contributed by atoms with van der Waals surface area (Å²) in [6, 6.07) is 11.7. The van der Waals surface area contributed by atoms with Gasteiger partial charge in [-0.2, -0.15) is 5.10 Å². The van der Waals surface area contributed by atoms with Crippen molar-refractivity contribution in [3.8, 4) is 11.5 Å². The number of carbonyl (C=O) groups is 1. The number of rotatable bonds is 9. The Morgan fingerprint density at radius 3 is 2.47 bits per heavy atom. The number of sulfonamides is 1. The molecule has 1 atom stereocenters.